The predicted octanol–water partition coefficient (Wildman–Crippen LogP) is 3.65. The van der Waals surface area contributed by atoms with Crippen LogP contribution in [0.1, 0.15) is 36.4 Å². The maximum atomic E-state index is 6.01. The Morgan fingerprint density at radius 1 is 1.19 bits per heavy atom. The summed E-state index contributed by atoms with van der Waals surface area (Å²) >= 11 is 0. The minimum atomic E-state index is 0.106. The molecule has 2 aromatic carbocycles. The van der Waals surface area contributed by atoms with Crippen LogP contribution in [0.3, 0.4) is 0 Å². The van der Waals surface area contributed by atoms with Crippen molar-refractivity contribution in [3.8, 4) is 11.5 Å². The van der Waals surface area contributed by atoms with Gasteiger partial charge < -0.3 is 15.2 Å². The summed E-state index contributed by atoms with van der Waals surface area (Å²) in [6.45, 7) is 3.42. The van der Waals surface area contributed by atoms with Crippen LogP contribution in [0.5, 0.6) is 11.5 Å². The van der Waals surface area contributed by atoms with Crippen LogP contribution in [0, 0.1) is 0 Å². The summed E-state index contributed by atoms with van der Waals surface area (Å²) < 4.78 is 11.6. The van der Waals surface area contributed by atoms with Crippen LogP contribution >= 0.6 is 0 Å². The number of hydrogen-bond acceptors (Lipinski definition) is 3. The summed E-state index contributed by atoms with van der Waals surface area (Å²) in [4.78, 5) is 0. The van der Waals surface area contributed by atoms with Crippen LogP contribution in [0.2, 0.25) is 0 Å². The first-order valence-corrected chi connectivity index (χ1v) is 7.48. The molecule has 1 heterocycles. The van der Waals surface area contributed by atoms with Gasteiger partial charge in [-0.2, -0.15) is 0 Å². The van der Waals surface area contributed by atoms with Crippen molar-refractivity contribution in [3.05, 3.63) is 59.7 Å². The maximum Gasteiger partial charge on any atom is 0.123 e. The third-order valence-electron chi connectivity index (χ3n) is 4.00. The summed E-state index contributed by atoms with van der Waals surface area (Å²) in [6.07, 6.45) is 0.941. The largest absolute Gasteiger partial charge is 0.493 e. The van der Waals surface area contributed by atoms with Crippen molar-refractivity contribution < 1.29 is 9.47 Å². The second-order valence-electron chi connectivity index (χ2n) is 5.44. The average Bonchev–Trinajstić information content (AvgIpc) is 2.96. The van der Waals surface area contributed by atoms with E-state index in [0.29, 0.717) is 19.1 Å². The molecule has 1 unspecified atom stereocenters. The average molecular weight is 283 g/mol. The zero-order chi connectivity index (χ0) is 14.7. The molecule has 0 saturated carbocycles. The van der Waals surface area contributed by atoms with Gasteiger partial charge >= 0.3 is 0 Å². The first kappa shape index (κ1) is 14.0. The molecule has 3 heteroatoms. The molecule has 2 N–H and O–H groups in total. The molecule has 0 radical (unpaired) electrons. The Morgan fingerprint density at radius 3 is 2.71 bits per heavy atom. The Morgan fingerprint density at radius 2 is 1.95 bits per heavy atom. The van der Waals surface area contributed by atoms with Crippen molar-refractivity contribution in [1.82, 2.24) is 0 Å². The van der Waals surface area contributed by atoms with Crippen molar-refractivity contribution in [2.45, 2.75) is 25.3 Å². The van der Waals surface area contributed by atoms with Gasteiger partial charge in [0.15, 0.2) is 0 Å². The smallest absolute Gasteiger partial charge is 0.123 e. The quantitative estimate of drug-likeness (QED) is 0.911. The zero-order valence-electron chi connectivity index (χ0n) is 12.3. The van der Waals surface area contributed by atoms with Crippen molar-refractivity contribution in [1.29, 1.82) is 0 Å². The molecule has 2 atom stereocenters. The van der Waals surface area contributed by atoms with Crippen LogP contribution in [0.4, 0.5) is 0 Å². The van der Waals surface area contributed by atoms with Crippen LogP contribution in [-0.4, -0.2) is 13.2 Å². The van der Waals surface area contributed by atoms with E-state index >= 15 is 0 Å². The van der Waals surface area contributed by atoms with Crippen LogP contribution in [0.25, 0.3) is 0 Å². The van der Waals surface area contributed by atoms with Crippen molar-refractivity contribution in [3.63, 3.8) is 0 Å². The van der Waals surface area contributed by atoms with E-state index in [0.717, 1.165) is 23.5 Å². The number of para-hydroxylation sites is 1. The van der Waals surface area contributed by atoms with E-state index in [1.807, 2.05) is 42.5 Å². The molecule has 1 aliphatic heterocycles. The maximum absolute atomic E-state index is 6.01. The molecule has 110 valence electrons. The van der Waals surface area contributed by atoms with Crippen LogP contribution in [-0.2, 0) is 0 Å². The molecule has 3 nitrogen and oxygen atoms in total. The van der Waals surface area contributed by atoms with Crippen molar-refractivity contribution in [2.24, 2.45) is 5.73 Å². The molecule has 3 rings (SSSR count). The predicted molar refractivity (Wildman–Crippen MR) is 83.8 cm³/mol. The highest BCUT2D eigenvalue weighted by Gasteiger charge is 2.24. The molecular weight excluding hydrogens is 262 g/mol. The van der Waals surface area contributed by atoms with Crippen LogP contribution < -0.4 is 15.2 Å². The summed E-state index contributed by atoms with van der Waals surface area (Å²) in [7, 11) is 0. The summed E-state index contributed by atoms with van der Waals surface area (Å²) in [6, 6.07) is 16.3. The van der Waals surface area contributed by atoms with Gasteiger partial charge in [0.2, 0.25) is 0 Å². The minimum Gasteiger partial charge on any atom is -0.493 e. The Kier molecular flexibility index (Phi) is 4.11. The van der Waals surface area contributed by atoms with Gasteiger partial charge in [-0.15, -0.1) is 0 Å². The fourth-order valence-electron chi connectivity index (χ4n) is 2.61. The lowest BCUT2D eigenvalue weighted by atomic mass is 10.0. The minimum absolute atomic E-state index is 0.106. The van der Waals surface area contributed by atoms with Crippen molar-refractivity contribution >= 4 is 0 Å². The van der Waals surface area contributed by atoms with Gasteiger partial charge in [-0.25, -0.2) is 0 Å². The molecular formula is C18H21NO2. The number of benzene rings is 2. The van der Waals surface area contributed by atoms with Gasteiger partial charge in [0, 0.05) is 11.6 Å². The molecule has 0 saturated heterocycles. The van der Waals surface area contributed by atoms with E-state index in [4.69, 9.17) is 15.2 Å². The normalized spacial score (nSPS) is 17.9. The Labute approximate surface area is 125 Å². The lowest BCUT2D eigenvalue weighted by molar-refractivity contribution is 0.248. The van der Waals surface area contributed by atoms with Gasteiger partial charge in [0.05, 0.1) is 19.1 Å². The molecule has 0 aliphatic carbocycles. The Bertz CT molecular complexity index is 594. The van der Waals surface area contributed by atoms with Gasteiger partial charge in [0.1, 0.15) is 11.5 Å². The number of rotatable bonds is 5. The molecule has 0 bridgehead atoms. The van der Waals surface area contributed by atoms with E-state index in [2.05, 4.69) is 13.0 Å². The molecule has 1 aliphatic rings. The Hall–Kier alpha value is -2.00. The summed E-state index contributed by atoms with van der Waals surface area (Å²) in [5, 5.41) is 0. The molecule has 0 amide bonds. The van der Waals surface area contributed by atoms with Gasteiger partial charge in [-0.05, 0) is 30.2 Å². The standard InChI is InChI=1S/C18H21NO2/c1-2-17(19)13-7-9-15(10-8-13)20-11-14-12-21-18-6-4-3-5-16(14)18/h3-10,14,17H,2,11-12,19H2,1H3/t14?,17-/m0/s1. The highest BCUT2D eigenvalue weighted by Crippen LogP contribution is 2.33. The zero-order valence-corrected chi connectivity index (χ0v) is 12.3. The first-order chi connectivity index (χ1) is 10.3. The summed E-state index contributed by atoms with van der Waals surface area (Å²) in [5.41, 5.74) is 8.40. The number of ether oxygens (including phenoxy) is 2. The molecule has 0 aromatic heterocycles. The van der Waals surface area contributed by atoms with Gasteiger partial charge in [-0.3, -0.25) is 0 Å². The second kappa shape index (κ2) is 6.19. The highest BCUT2D eigenvalue weighted by molar-refractivity contribution is 5.40. The lowest BCUT2D eigenvalue weighted by Crippen LogP contribution is -2.12. The third kappa shape index (κ3) is 3.03. The van der Waals surface area contributed by atoms with E-state index < -0.39 is 0 Å². The van der Waals surface area contributed by atoms with Gasteiger partial charge in [-0.1, -0.05) is 37.3 Å². The second-order valence-corrected chi connectivity index (χ2v) is 5.44. The van der Waals surface area contributed by atoms with Crippen LogP contribution in [0.15, 0.2) is 48.5 Å². The van der Waals surface area contributed by atoms with Crippen molar-refractivity contribution in [2.75, 3.05) is 13.2 Å². The van der Waals surface area contributed by atoms with E-state index in [9.17, 15) is 0 Å². The molecule has 0 fully saturated rings. The highest BCUT2D eigenvalue weighted by atomic mass is 16.5. The SMILES string of the molecule is CC[C@H](N)c1ccc(OCC2COc3ccccc32)cc1. The fraction of sp³-hybridized carbons (Fsp3) is 0.333. The van der Waals surface area contributed by atoms with E-state index in [1.54, 1.807) is 0 Å². The number of hydrogen-bond donors (Lipinski definition) is 1. The number of nitrogens with two attached hydrogens (primary N) is 1. The molecule has 2 aromatic rings. The fourth-order valence-corrected chi connectivity index (χ4v) is 2.61. The lowest BCUT2D eigenvalue weighted by Gasteiger charge is -2.13. The third-order valence-corrected chi connectivity index (χ3v) is 4.00. The first-order valence-electron chi connectivity index (χ1n) is 7.48. The van der Waals surface area contributed by atoms with E-state index in [1.165, 1.54) is 5.56 Å². The van der Waals surface area contributed by atoms with E-state index in [-0.39, 0.29) is 6.04 Å². The Balaban J connectivity index is 1.61. The van der Waals surface area contributed by atoms with Gasteiger partial charge in [0.25, 0.3) is 0 Å². The topological polar surface area (TPSA) is 44.5 Å². The monoisotopic (exact) mass is 283 g/mol. The summed E-state index contributed by atoms with van der Waals surface area (Å²) in [5.74, 6) is 2.17. The number of fused-ring (bicyclic) bond motifs is 1. The molecule has 0 spiro atoms. The molecule has 21 heavy (non-hydrogen) atoms.